The zero-order chi connectivity index (χ0) is 41.0. The van der Waals surface area contributed by atoms with Crippen molar-refractivity contribution in [1.82, 2.24) is 24.1 Å². The van der Waals surface area contributed by atoms with Crippen molar-refractivity contribution in [3.8, 4) is 67.8 Å². The quantitative estimate of drug-likeness (QED) is 0.162. The molecule has 5 nitrogen and oxygen atoms in total. The molecule has 9 aromatic carbocycles. The monoisotopic (exact) mass is 791 g/mol. The maximum absolute atomic E-state index is 5.19. The lowest BCUT2D eigenvalue weighted by Crippen LogP contribution is -2.03. The fourth-order valence-corrected chi connectivity index (χ4v) is 9.13. The van der Waals surface area contributed by atoms with Crippen LogP contribution in [-0.4, -0.2) is 24.1 Å². The average Bonchev–Trinajstić information content (AvgIpc) is 3.85. The highest BCUT2D eigenvalue weighted by Crippen LogP contribution is 2.43. The number of benzene rings is 9. The highest BCUT2D eigenvalue weighted by atomic mass is 15.1. The standard InChI is InChI=1S/C57H37N5/c1-5-19-38(20-6-1)42-33-34-52(46(35-42)39-21-7-2-8-22-39)62-50-31-17-14-28-44(50)48-36-47-43-27-13-16-30-49(43)61(53(47)37-54(48)62)51-32-18-15-29-45(51)57-59-55(40-23-9-3-10-24-40)58-56(60-57)41-25-11-4-12-26-41/h1-37H. The van der Waals surface area contributed by atoms with Crippen molar-refractivity contribution in [3.05, 3.63) is 224 Å². The lowest BCUT2D eigenvalue weighted by atomic mass is 9.97. The second kappa shape index (κ2) is 14.7. The molecule has 0 spiro atoms. The number of fused-ring (bicyclic) bond motifs is 6. The summed E-state index contributed by atoms with van der Waals surface area (Å²) in [5.41, 5.74) is 14.1. The van der Waals surface area contributed by atoms with Gasteiger partial charge < -0.3 is 9.13 Å². The van der Waals surface area contributed by atoms with E-state index >= 15 is 0 Å². The van der Waals surface area contributed by atoms with Crippen molar-refractivity contribution < 1.29 is 0 Å². The summed E-state index contributed by atoms with van der Waals surface area (Å²) in [6, 6.07) is 79.4. The molecule has 0 amide bonds. The van der Waals surface area contributed by atoms with Crippen molar-refractivity contribution >= 4 is 43.6 Å². The first-order valence-electron chi connectivity index (χ1n) is 21.0. The number of rotatable bonds is 7. The van der Waals surface area contributed by atoms with Crippen LogP contribution in [0.25, 0.3) is 111 Å². The lowest BCUT2D eigenvalue weighted by molar-refractivity contribution is 1.06. The van der Waals surface area contributed by atoms with Gasteiger partial charge in [-0.25, -0.2) is 15.0 Å². The third-order valence-electron chi connectivity index (χ3n) is 12.0. The Morgan fingerprint density at radius 3 is 1.24 bits per heavy atom. The Bertz CT molecular complexity index is 3550. The van der Waals surface area contributed by atoms with Crippen molar-refractivity contribution in [2.45, 2.75) is 0 Å². The summed E-state index contributed by atoms with van der Waals surface area (Å²) < 4.78 is 4.85. The van der Waals surface area contributed by atoms with Crippen LogP contribution in [0.2, 0.25) is 0 Å². The topological polar surface area (TPSA) is 48.5 Å². The number of aromatic nitrogens is 5. The Morgan fingerprint density at radius 1 is 0.242 bits per heavy atom. The number of hydrogen-bond acceptors (Lipinski definition) is 3. The molecule has 12 aromatic rings. The summed E-state index contributed by atoms with van der Waals surface area (Å²) in [6.45, 7) is 0. The van der Waals surface area contributed by atoms with Gasteiger partial charge in [-0.3, -0.25) is 0 Å². The van der Waals surface area contributed by atoms with E-state index in [4.69, 9.17) is 15.0 Å². The first-order valence-corrected chi connectivity index (χ1v) is 21.0. The third kappa shape index (κ3) is 5.90. The van der Waals surface area contributed by atoms with Crippen LogP contribution in [0.15, 0.2) is 224 Å². The molecule has 62 heavy (non-hydrogen) atoms. The summed E-state index contributed by atoms with van der Waals surface area (Å²) in [4.78, 5) is 15.4. The molecule has 3 aromatic heterocycles. The normalized spacial score (nSPS) is 11.5. The SMILES string of the molecule is c1ccc(-c2ccc(-n3c4ccccc4c4cc5c6ccccc6n(-c6ccccc6-c6nc(-c7ccccc7)nc(-c7ccccc7)n6)c5cc43)c(-c3ccccc3)c2)cc1. The maximum Gasteiger partial charge on any atom is 0.166 e. The van der Waals surface area contributed by atoms with E-state index in [0.717, 1.165) is 55.7 Å². The zero-order valence-electron chi connectivity index (χ0n) is 33.6. The second-order valence-electron chi connectivity index (χ2n) is 15.6. The highest BCUT2D eigenvalue weighted by molar-refractivity contribution is 6.19. The molecule has 12 rings (SSSR count). The van der Waals surface area contributed by atoms with Gasteiger partial charge in [-0.1, -0.05) is 176 Å². The smallest absolute Gasteiger partial charge is 0.166 e. The Balaban J connectivity index is 1.14. The first kappa shape index (κ1) is 35.5. The Kier molecular flexibility index (Phi) is 8.42. The predicted octanol–water partition coefficient (Wildman–Crippen LogP) is 14.4. The predicted molar refractivity (Wildman–Crippen MR) is 256 cm³/mol. The van der Waals surface area contributed by atoms with Crippen LogP contribution in [0.1, 0.15) is 0 Å². The molecular weight excluding hydrogens is 755 g/mol. The van der Waals surface area contributed by atoms with Gasteiger partial charge in [0.25, 0.3) is 0 Å². The van der Waals surface area contributed by atoms with Crippen LogP contribution < -0.4 is 0 Å². The molecule has 3 heterocycles. The minimum Gasteiger partial charge on any atom is -0.309 e. The highest BCUT2D eigenvalue weighted by Gasteiger charge is 2.23. The van der Waals surface area contributed by atoms with Gasteiger partial charge in [0.05, 0.1) is 33.4 Å². The molecule has 0 aliphatic rings. The molecule has 0 bridgehead atoms. The Morgan fingerprint density at radius 2 is 0.677 bits per heavy atom. The van der Waals surface area contributed by atoms with E-state index in [0.29, 0.717) is 17.5 Å². The van der Waals surface area contributed by atoms with Crippen LogP contribution in [0.3, 0.4) is 0 Å². The summed E-state index contributed by atoms with van der Waals surface area (Å²) in [7, 11) is 0. The Labute approximate surface area is 358 Å². The molecule has 0 aliphatic heterocycles. The van der Waals surface area contributed by atoms with E-state index in [1.165, 1.54) is 38.2 Å². The first-order chi connectivity index (χ1) is 30.8. The van der Waals surface area contributed by atoms with E-state index in [1.807, 2.05) is 36.4 Å². The molecule has 0 aliphatic carbocycles. The van der Waals surface area contributed by atoms with Gasteiger partial charge in [-0.2, -0.15) is 0 Å². The summed E-state index contributed by atoms with van der Waals surface area (Å²) in [6.07, 6.45) is 0. The van der Waals surface area contributed by atoms with Crippen LogP contribution in [0, 0.1) is 0 Å². The maximum atomic E-state index is 5.19. The lowest BCUT2D eigenvalue weighted by Gasteiger charge is -2.17. The third-order valence-corrected chi connectivity index (χ3v) is 12.0. The van der Waals surface area contributed by atoms with Crippen LogP contribution >= 0.6 is 0 Å². The van der Waals surface area contributed by atoms with Crippen molar-refractivity contribution in [2.75, 3.05) is 0 Å². The zero-order valence-corrected chi connectivity index (χ0v) is 33.6. The summed E-state index contributed by atoms with van der Waals surface area (Å²) in [5, 5.41) is 4.77. The van der Waals surface area contributed by atoms with E-state index in [-0.39, 0.29) is 0 Å². The van der Waals surface area contributed by atoms with Crippen molar-refractivity contribution in [2.24, 2.45) is 0 Å². The van der Waals surface area contributed by atoms with E-state index in [2.05, 4.69) is 197 Å². The summed E-state index contributed by atoms with van der Waals surface area (Å²) in [5.74, 6) is 1.87. The van der Waals surface area contributed by atoms with Gasteiger partial charge in [-0.15, -0.1) is 0 Å². The number of nitrogens with zero attached hydrogens (tertiary/aromatic N) is 5. The molecule has 5 heteroatoms. The number of para-hydroxylation sites is 3. The fraction of sp³-hybridized carbons (Fsp3) is 0. The Hall–Kier alpha value is -8.41. The molecule has 290 valence electrons. The van der Waals surface area contributed by atoms with Gasteiger partial charge in [0, 0.05) is 43.8 Å². The van der Waals surface area contributed by atoms with E-state index < -0.39 is 0 Å². The number of hydrogen-bond donors (Lipinski definition) is 0. The molecule has 0 saturated carbocycles. The van der Waals surface area contributed by atoms with Crippen LogP contribution in [0.4, 0.5) is 0 Å². The minimum atomic E-state index is 0.612. The molecule has 0 saturated heterocycles. The molecule has 0 atom stereocenters. The molecule has 0 unspecified atom stereocenters. The van der Waals surface area contributed by atoms with Gasteiger partial charge in [0.1, 0.15) is 0 Å². The summed E-state index contributed by atoms with van der Waals surface area (Å²) >= 11 is 0. The molecular formula is C57H37N5. The van der Waals surface area contributed by atoms with E-state index in [9.17, 15) is 0 Å². The van der Waals surface area contributed by atoms with Gasteiger partial charge >= 0.3 is 0 Å². The van der Waals surface area contributed by atoms with Crippen LogP contribution in [0.5, 0.6) is 0 Å². The molecule has 0 N–H and O–H groups in total. The molecule has 0 radical (unpaired) electrons. The molecule has 0 fully saturated rings. The van der Waals surface area contributed by atoms with Gasteiger partial charge in [-0.05, 0) is 65.2 Å². The van der Waals surface area contributed by atoms with Gasteiger partial charge in [0.2, 0.25) is 0 Å². The average molecular weight is 792 g/mol. The van der Waals surface area contributed by atoms with Crippen LogP contribution in [-0.2, 0) is 0 Å². The second-order valence-corrected chi connectivity index (χ2v) is 15.6. The van der Waals surface area contributed by atoms with Gasteiger partial charge in [0.15, 0.2) is 17.5 Å². The van der Waals surface area contributed by atoms with Crippen molar-refractivity contribution in [3.63, 3.8) is 0 Å². The fourth-order valence-electron chi connectivity index (χ4n) is 9.13. The largest absolute Gasteiger partial charge is 0.309 e. The van der Waals surface area contributed by atoms with Crippen molar-refractivity contribution in [1.29, 1.82) is 0 Å². The minimum absolute atomic E-state index is 0.612. The van der Waals surface area contributed by atoms with E-state index in [1.54, 1.807) is 0 Å².